The molecule has 0 radical (unpaired) electrons. The van der Waals surface area contributed by atoms with Crippen molar-refractivity contribution in [3.8, 4) is 0 Å². The van der Waals surface area contributed by atoms with Crippen molar-refractivity contribution in [2.75, 3.05) is 5.75 Å². The van der Waals surface area contributed by atoms with Gasteiger partial charge in [-0.15, -0.1) is 0 Å². The summed E-state index contributed by atoms with van der Waals surface area (Å²) in [5.74, 6) is -2.09. The fourth-order valence-corrected chi connectivity index (χ4v) is 1.14. The second-order valence-electron chi connectivity index (χ2n) is 2.70. The molecule has 0 aliphatic carbocycles. The molecule has 0 bridgehead atoms. The first-order valence-corrected chi connectivity index (χ1v) is 4.70. The molecule has 0 N–H and O–H groups in total. The van der Waals surface area contributed by atoms with Crippen molar-refractivity contribution in [2.24, 2.45) is 0 Å². The molecule has 0 amide bonds. The number of halogens is 3. The summed E-state index contributed by atoms with van der Waals surface area (Å²) < 4.78 is 38.5. The lowest BCUT2D eigenvalue weighted by Gasteiger charge is -1.99. The number of rotatable bonds is 3. The lowest BCUT2D eigenvalue weighted by atomic mass is 10.1. The zero-order valence-electron chi connectivity index (χ0n) is 7.30. The van der Waals surface area contributed by atoms with Gasteiger partial charge in [-0.1, -0.05) is 12.2 Å². The van der Waals surface area contributed by atoms with E-state index in [0.29, 0.717) is 24.3 Å². The highest BCUT2D eigenvalue weighted by Gasteiger charge is 2.07. The van der Waals surface area contributed by atoms with Gasteiger partial charge in [0.05, 0.1) is 0 Å². The minimum Gasteiger partial charge on any atom is -0.207 e. The molecule has 0 saturated carbocycles. The van der Waals surface area contributed by atoms with E-state index < -0.39 is 17.5 Å². The third kappa shape index (κ3) is 2.80. The first kappa shape index (κ1) is 11.2. The minimum absolute atomic E-state index is 0.215. The van der Waals surface area contributed by atoms with Crippen LogP contribution in [0.25, 0.3) is 6.08 Å². The fraction of sp³-hybridized carbons (Fsp3) is 0.200. The summed E-state index contributed by atoms with van der Waals surface area (Å²) in [5, 5.41) is 0. The number of hydrogen-bond acceptors (Lipinski definition) is 1. The van der Waals surface area contributed by atoms with Crippen LogP contribution < -0.4 is 0 Å². The normalized spacial score (nSPS) is 11.1. The van der Waals surface area contributed by atoms with E-state index in [2.05, 4.69) is 12.6 Å². The van der Waals surface area contributed by atoms with Gasteiger partial charge in [-0.3, -0.25) is 0 Å². The zero-order valence-corrected chi connectivity index (χ0v) is 8.20. The Balaban J connectivity index is 2.96. The Morgan fingerprint density at radius 1 is 1.14 bits per heavy atom. The number of benzene rings is 1. The Kier molecular flexibility index (Phi) is 4.07. The van der Waals surface area contributed by atoms with E-state index >= 15 is 0 Å². The predicted octanol–water partition coefficient (Wildman–Crippen LogP) is 3.44. The van der Waals surface area contributed by atoms with E-state index in [1.807, 2.05) is 0 Å². The van der Waals surface area contributed by atoms with Gasteiger partial charge in [-0.05, 0) is 12.2 Å². The van der Waals surface area contributed by atoms with Gasteiger partial charge in [-0.25, -0.2) is 13.2 Å². The summed E-state index contributed by atoms with van der Waals surface area (Å²) >= 11 is 3.94. The predicted molar refractivity (Wildman–Crippen MR) is 53.8 cm³/mol. The highest BCUT2D eigenvalue weighted by Crippen LogP contribution is 2.16. The van der Waals surface area contributed by atoms with Crippen molar-refractivity contribution in [2.45, 2.75) is 6.42 Å². The zero-order chi connectivity index (χ0) is 10.6. The highest BCUT2D eigenvalue weighted by molar-refractivity contribution is 7.80. The Morgan fingerprint density at radius 2 is 1.71 bits per heavy atom. The molecule has 0 nitrogen and oxygen atoms in total. The summed E-state index contributed by atoms with van der Waals surface area (Å²) in [6, 6.07) is 1.31. The standard InChI is InChI=1S/C10H9F3S/c11-7-5-9(12)8(10(13)6-7)3-1-2-4-14/h1,3,5-6,14H,2,4H2. The molecule has 0 unspecified atom stereocenters. The molecule has 0 fully saturated rings. The molecular weight excluding hydrogens is 209 g/mol. The van der Waals surface area contributed by atoms with Crippen LogP contribution in [-0.4, -0.2) is 5.75 Å². The van der Waals surface area contributed by atoms with Gasteiger partial charge >= 0.3 is 0 Å². The summed E-state index contributed by atoms with van der Waals surface area (Å²) in [7, 11) is 0. The summed E-state index contributed by atoms with van der Waals surface area (Å²) in [5.41, 5.74) is -0.215. The molecule has 0 aliphatic rings. The van der Waals surface area contributed by atoms with Crippen molar-refractivity contribution >= 4 is 18.7 Å². The van der Waals surface area contributed by atoms with Gasteiger partial charge in [0.2, 0.25) is 0 Å². The summed E-state index contributed by atoms with van der Waals surface area (Å²) in [4.78, 5) is 0. The first-order chi connectivity index (χ1) is 6.65. The van der Waals surface area contributed by atoms with E-state index in [1.165, 1.54) is 6.08 Å². The Hall–Kier alpha value is -0.900. The molecule has 14 heavy (non-hydrogen) atoms. The van der Waals surface area contributed by atoms with Crippen molar-refractivity contribution in [1.29, 1.82) is 0 Å². The third-order valence-electron chi connectivity index (χ3n) is 1.62. The lowest BCUT2D eigenvalue weighted by molar-refractivity contribution is 0.540. The molecule has 0 atom stereocenters. The van der Waals surface area contributed by atoms with Gasteiger partial charge < -0.3 is 0 Å². The van der Waals surface area contributed by atoms with E-state index in [9.17, 15) is 13.2 Å². The topological polar surface area (TPSA) is 0 Å². The Morgan fingerprint density at radius 3 is 2.21 bits per heavy atom. The molecule has 4 heteroatoms. The second kappa shape index (κ2) is 5.10. The molecule has 0 spiro atoms. The molecule has 0 aromatic heterocycles. The summed E-state index contributed by atoms with van der Waals surface area (Å²) in [6.07, 6.45) is 3.49. The largest absolute Gasteiger partial charge is 0.207 e. The average Bonchev–Trinajstić information content (AvgIpc) is 2.09. The average molecular weight is 218 g/mol. The van der Waals surface area contributed by atoms with Crippen LogP contribution in [0.5, 0.6) is 0 Å². The van der Waals surface area contributed by atoms with Crippen LogP contribution in [0, 0.1) is 17.5 Å². The molecule has 0 heterocycles. The van der Waals surface area contributed by atoms with E-state index in [4.69, 9.17) is 0 Å². The second-order valence-corrected chi connectivity index (χ2v) is 3.14. The van der Waals surface area contributed by atoms with Crippen molar-refractivity contribution in [3.05, 3.63) is 41.2 Å². The maximum absolute atomic E-state index is 13.0. The molecule has 1 aromatic carbocycles. The Labute approximate surface area is 85.9 Å². The van der Waals surface area contributed by atoms with Crippen LogP contribution in [-0.2, 0) is 0 Å². The molecule has 0 saturated heterocycles. The van der Waals surface area contributed by atoms with Gasteiger partial charge in [0.25, 0.3) is 0 Å². The van der Waals surface area contributed by atoms with Crippen LogP contribution in [0.3, 0.4) is 0 Å². The van der Waals surface area contributed by atoms with Gasteiger partial charge in [0.15, 0.2) is 0 Å². The molecule has 76 valence electrons. The maximum atomic E-state index is 13.0. The molecule has 0 aliphatic heterocycles. The minimum atomic E-state index is -0.911. The van der Waals surface area contributed by atoms with Crippen molar-refractivity contribution in [1.82, 2.24) is 0 Å². The first-order valence-electron chi connectivity index (χ1n) is 4.07. The van der Waals surface area contributed by atoms with Crippen LogP contribution in [0.2, 0.25) is 0 Å². The lowest BCUT2D eigenvalue weighted by Crippen LogP contribution is -1.90. The third-order valence-corrected chi connectivity index (χ3v) is 1.88. The smallest absolute Gasteiger partial charge is 0.136 e. The van der Waals surface area contributed by atoms with Crippen LogP contribution in [0.15, 0.2) is 18.2 Å². The van der Waals surface area contributed by atoms with Gasteiger partial charge in [0.1, 0.15) is 17.5 Å². The maximum Gasteiger partial charge on any atom is 0.136 e. The van der Waals surface area contributed by atoms with Gasteiger partial charge in [-0.2, -0.15) is 12.6 Å². The van der Waals surface area contributed by atoms with Crippen LogP contribution in [0.1, 0.15) is 12.0 Å². The van der Waals surface area contributed by atoms with Crippen molar-refractivity contribution in [3.63, 3.8) is 0 Å². The van der Waals surface area contributed by atoms with E-state index in [1.54, 1.807) is 6.08 Å². The number of thiol groups is 1. The molecular formula is C10H9F3S. The van der Waals surface area contributed by atoms with Gasteiger partial charge in [0, 0.05) is 17.7 Å². The molecule has 1 rings (SSSR count). The Bertz CT molecular complexity index is 324. The van der Waals surface area contributed by atoms with E-state index in [0.717, 1.165) is 0 Å². The summed E-state index contributed by atoms with van der Waals surface area (Å²) in [6.45, 7) is 0. The van der Waals surface area contributed by atoms with Crippen LogP contribution >= 0.6 is 12.6 Å². The van der Waals surface area contributed by atoms with E-state index in [-0.39, 0.29) is 5.56 Å². The SMILES string of the molecule is Fc1cc(F)c(C=CCCS)c(F)c1. The van der Waals surface area contributed by atoms with Crippen molar-refractivity contribution < 1.29 is 13.2 Å². The van der Waals surface area contributed by atoms with Crippen LogP contribution in [0.4, 0.5) is 13.2 Å². The quantitative estimate of drug-likeness (QED) is 0.738. The number of hydrogen-bond donors (Lipinski definition) is 1. The molecule has 1 aromatic rings. The monoisotopic (exact) mass is 218 g/mol. The number of allylic oxidation sites excluding steroid dienone is 1. The fourth-order valence-electron chi connectivity index (χ4n) is 0.988. The highest BCUT2D eigenvalue weighted by atomic mass is 32.1.